The Balaban J connectivity index is 3.14. The maximum atomic E-state index is 12.0. The van der Waals surface area contributed by atoms with Gasteiger partial charge in [0.1, 0.15) is 0 Å². The molecule has 0 aromatic rings. The zero-order valence-corrected chi connectivity index (χ0v) is 20.0. The van der Waals surface area contributed by atoms with Gasteiger partial charge in [-0.2, -0.15) is 0 Å². The summed E-state index contributed by atoms with van der Waals surface area (Å²) in [6.45, 7) is 13.2. The third-order valence-electron chi connectivity index (χ3n) is 5.94. The third kappa shape index (κ3) is 5.78. The second-order valence-electron chi connectivity index (χ2n) is 8.00. The minimum absolute atomic E-state index is 0.238. The Bertz CT molecular complexity index is 396. The van der Waals surface area contributed by atoms with Crippen molar-refractivity contribution in [2.24, 2.45) is 0 Å². The zero-order valence-electron chi connectivity index (χ0n) is 17.2. The first kappa shape index (κ1) is 22.1. The van der Waals surface area contributed by atoms with Crippen LogP contribution in [-0.4, -0.2) is 41.3 Å². The van der Waals surface area contributed by atoms with Crippen molar-refractivity contribution in [3.05, 3.63) is 9.67 Å². The Hall–Kier alpha value is 0.00870. The molecule has 0 aliphatic carbocycles. The van der Waals surface area contributed by atoms with E-state index < -0.39 is 18.4 Å². The summed E-state index contributed by atoms with van der Waals surface area (Å²) >= 11 is -2.29. The van der Waals surface area contributed by atoms with Gasteiger partial charge in [0.05, 0.1) is 0 Å². The van der Waals surface area contributed by atoms with Gasteiger partial charge >= 0.3 is 156 Å². The Morgan fingerprint density at radius 1 is 1.04 bits per heavy atom. The van der Waals surface area contributed by atoms with Crippen molar-refractivity contribution in [1.82, 2.24) is 4.90 Å². The van der Waals surface area contributed by atoms with E-state index in [1.54, 1.807) is 6.92 Å². The monoisotopic (exact) mass is 443 g/mol. The van der Waals surface area contributed by atoms with Crippen LogP contribution in [0.5, 0.6) is 0 Å². The molecule has 2 unspecified atom stereocenters. The molecule has 0 fully saturated rings. The molecular weight excluding hydrogens is 401 g/mol. The average Bonchev–Trinajstić information content (AvgIpc) is 2.53. The molecule has 0 spiro atoms. The van der Waals surface area contributed by atoms with Crippen molar-refractivity contribution in [2.75, 3.05) is 0 Å². The number of unbranched alkanes of at least 4 members (excludes halogenated alkanes) is 3. The summed E-state index contributed by atoms with van der Waals surface area (Å²) < 4.78 is 6.49. The Morgan fingerprint density at radius 3 is 1.83 bits per heavy atom. The number of nitrogens with zero attached hydrogens (tertiary/aromatic N) is 1. The first-order valence-corrected chi connectivity index (χ1v) is 17.9. The van der Waals surface area contributed by atoms with Crippen molar-refractivity contribution in [2.45, 2.75) is 112 Å². The minimum atomic E-state index is -2.29. The summed E-state index contributed by atoms with van der Waals surface area (Å²) in [5.41, 5.74) is 0. The molecule has 140 valence electrons. The normalized spacial score (nSPS) is 21.8. The molecule has 0 bridgehead atoms. The number of carbonyl (C=O) groups excluding carboxylic acids is 1. The van der Waals surface area contributed by atoms with Crippen molar-refractivity contribution >= 4 is 24.3 Å². The standard InChI is InChI=1S/C9H14NO.3C4H9.Sn/c1-7-5-4-6-8(2)10(7)9(3)11;3*1-3-4-2;/h5,7-8H,6H2,1-3H3;3*1,3-4H2,2H3;. The molecule has 1 heterocycles. The number of carbonyl (C=O) groups is 1. The molecule has 1 rings (SSSR count). The fourth-order valence-electron chi connectivity index (χ4n) is 4.65. The van der Waals surface area contributed by atoms with Crippen LogP contribution in [0.4, 0.5) is 0 Å². The molecule has 0 aromatic carbocycles. The summed E-state index contributed by atoms with van der Waals surface area (Å²) in [6, 6.07) is 0.681. The summed E-state index contributed by atoms with van der Waals surface area (Å²) in [4.78, 5) is 14.1. The second-order valence-corrected chi connectivity index (χ2v) is 21.4. The van der Waals surface area contributed by atoms with Gasteiger partial charge in [-0.05, 0) is 0 Å². The zero-order chi connectivity index (χ0) is 18.2. The average molecular weight is 442 g/mol. The number of rotatable bonds is 10. The van der Waals surface area contributed by atoms with Gasteiger partial charge in [0, 0.05) is 0 Å². The molecule has 0 saturated carbocycles. The second kappa shape index (κ2) is 10.9. The summed E-state index contributed by atoms with van der Waals surface area (Å²) in [5, 5.41) is 0. The Morgan fingerprint density at radius 2 is 1.50 bits per heavy atom. The molecule has 24 heavy (non-hydrogen) atoms. The van der Waals surface area contributed by atoms with Crippen LogP contribution in [0.1, 0.15) is 86.5 Å². The van der Waals surface area contributed by atoms with Gasteiger partial charge in [0.25, 0.3) is 0 Å². The molecule has 1 aliphatic heterocycles. The van der Waals surface area contributed by atoms with Crippen LogP contribution in [0.15, 0.2) is 9.67 Å². The maximum absolute atomic E-state index is 12.0. The van der Waals surface area contributed by atoms with Crippen LogP contribution in [0.25, 0.3) is 0 Å². The van der Waals surface area contributed by atoms with E-state index in [-0.39, 0.29) is 5.91 Å². The van der Waals surface area contributed by atoms with Crippen molar-refractivity contribution in [3.8, 4) is 0 Å². The van der Waals surface area contributed by atoms with Gasteiger partial charge in [-0.15, -0.1) is 0 Å². The fourth-order valence-corrected chi connectivity index (χ4v) is 22.1. The van der Waals surface area contributed by atoms with E-state index >= 15 is 0 Å². The van der Waals surface area contributed by atoms with Crippen molar-refractivity contribution in [3.63, 3.8) is 0 Å². The molecule has 1 aliphatic rings. The number of hydrogen-bond acceptors (Lipinski definition) is 1. The number of amides is 1. The molecule has 0 saturated heterocycles. The van der Waals surface area contributed by atoms with Gasteiger partial charge in [-0.25, -0.2) is 0 Å². The van der Waals surface area contributed by atoms with Gasteiger partial charge in [-0.3, -0.25) is 0 Å². The topological polar surface area (TPSA) is 20.3 Å². The van der Waals surface area contributed by atoms with Crippen LogP contribution < -0.4 is 0 Å². The summed E-state index contributed by atoms with van der Waals surface area (Å²) in [6.07, 6.45) is 11.9. The fraction of sp³-hybridized carbons (Fsp3) is 0.857. The first-order valence-electron chi connectivity index (χ1n) is 10.4. The van der Waals surface area contributed by atoms with E-state index in [1.165, 1.54) is 51.8 Å². The SMILES string of the molecule is CCC[CH2][Sn]([CH2]CCC)([CH2]CCC)[C]1=CC(C)N(C(C)=O)C(C)C1. The first-order chi connectivity index (χ1) is 11.4. The van der Waals surface area contributed by atoms with Gasteiger partial charge in [0.2, 0.25) is 0 Å². The van der Waals surface area contributed by atoms with E-state index in [9.17, 15) is 4.79 Å². The third-order valence-corrected chi connectivity index (χ3v) is 22.1. The van der Waals surface area contributed by atoms with Crippen molar-refractivity contribution in [1.29, 1.82) is 0 Å². The number of hydrogen-bond donors (Lipinski definition) is 0. The summed E-state index contributed by atoms with van der Waals surface area (Å²) in [7, 11) is 0. The van der Waals surface area contributed by atoms with Crippen molar-refractivity contribution < 1.29 is 4.79 Å². The molecule has 1 amide bonds. The molecule has 3 heteroatoms. The van der Waals surface area contributed by atoms with Crippen LogP contribution in [0.3, 0.4) is 0 Å². The molecule has 2 nitrogen and oxygen atoms in total. The van der Waals surface area contributed by atoms with Crippen LogP contribution in [-0.2, 0) is 4.79 Å². The predicted molar refractivity (Wildman–Crippen MR) is 109 cm³/mol. The Kier molecular flexibility index (Phi) is 9.99. The van der Waals surface area contributed by atoms with Crippen LogP contribution in [0, 0.1) is 0 Å². The van der Waals surface area contributed by atoms with Gasteiger partial charge < -0.3 is 0 Å². The van der Waals surface area contributed by atoms with E-state index in [0.29, 0.717) is 12.1 Å². The van der Waals surface area contributed by atoms with E-state index in [4.69, 9.17) is 0 Å². The molecular formula is C21H41NOSn. The van der Waals surface area contributed by atoms with E-state index in [2.05, 4.69) is 45.6 Å². The van der Waals surface area contributed by atoms with E-state index in [1.807, 2.05) is 3.59 Å². The molecule has 0 radical (unpaired) electrons. The van der Waals surface area contributed by atoms with Crippen LogP contribution >= 0.6 is 0 Å². The van der Waals surface area contributed by atoms with Crippen LogP contribution in [0.2, 0.25) is 13.3 Å². The quantitative estimate of drug-likeness (QED) is 0.362. The predicted octanol–water partition coefficient (Wildman–Crippen LogP) is 6.33. The van der Waals surface area contributed by atoms with Gasteiger partial charge in [-0.1, -0.05) is 0 Å². The summed E-state index contributed by atoms with van der Waals surface area (Å²) in [5.74, 6) is 0.238. The van der Waals surface area contributed by atoms with E-state index in [0.717, 1.165) is 6.42 Å². The Labute approximate surface area is 155 Å². The molecule has 0 N–H and O–H groups in total. The molecule has 2 atom stereocenters. The van der Waals surface area contributed by atoms with Gasteiger partial charge in [0.15, 0.2) is 0 Å². The molecule has 0 aromatic heterocycles.